The molecule has 0 fully saturated rings. The van der Waals surface area contributed by atoms with E-state index in [1.807, 2.05) is 0 Å². The highest BCUT2D eigenvalue weighted by Gasteiger charge is 2.38. The van der Waals surface area contributed by atoms with Crippen LogP contribution >= 0.6 is 11.6 Å². The first-order valence-electron chi connectivity index (χ1n) is 6.43. The molecule has 0 saturated heterocycles. The van der Waals surface area contributed by atoms with Crippen LogP contribution in [0.5, 0.6) is 0 Å². The van der Waals surface area contributed by atoms with Crippen LogP contribution in [0, 0.1) is 0 Å². The number of halogens is 1. The van der Waals surface area contributed by atoms with Crippen LogP contribution in [0.4, 0.5) is 17.3 Å². The summed E-state index contributed by atoms with van der Waals surface area (Å²) in [5.74, 6) is 0.239. The Kier molecular flexibility index (Phi) is 3.06. The van der Waals surface area contributed by atoms with Gasteiger partial charge in [0.25, 0.3) is 11.5 Å². The molecule has 3 heterocycles. The van der Waals surface area contributed by atoms with Gasteiger partial charge in [-0.3, -0.25) is 14.2 Å². The standard InChI is InChI=1S/C13H13ClN6O2/c1-13(2)19-11(21)10-6(14)3-7(12(22)20(10)13)18-9-4-8(15)16-5-17-9/h3-5H,1-2H3,(H,19,21)(H3,15,16,17,18). The molecule has 0 saturated carbocycles. The summed E-state index contributed by atoms with van der Waals surface area (Å²) in [7, 11) is 0. The Labute approximate surface area is 130 Å². The van der Waals surface area contributed by atoms with Crippen molar-refractivity contribution in [2.24, 2.45) is 0 Å². The van der Waals surface area contributed by atoms with Gasteiger partial charge in [-0.05, 0) is 19.9 Å². The van der Waals surface area contributed by atoms with Gasteiger partial charge in [0, 0.05) is 6.07 Å². The fourth-order valence-corrected chi connectivity index (χ4v) is 2.67. The number of anilines is 3. The summed E-state index contributed by atoms with van der Waals surface area (Å²) in [6.45, 7) is 3.43. The first kappa shape index (κ1) is 14.3. The van der Waals surface area contributed by atoms with E-state index in [2.05, 4.69) is 20.6 Å². The lowest BCUT2D eigenvalue weighted by molar-refractivity contribution is 0.0935. The second-order valence-corrected chi connectivity index (χ2v) is 5.77. The van der Waals surface area contributed by atoms with Gasteiger partial charge in [0.05, 0.1) is 5.02 Å². The van der Waals surface area contributed by atoms with Crippen LogP contribution in [0.15, 0.2) is 23.3 Å². The molecule has 1 amide bonds. The van der Waals surface area contributed by atoms with E-state index < -0.39 is 5.66 Å². The molecule has 1 aliphatic rings. The van der Waals surface area contributed by atoms with Gasteiger partial charge in [-0.25, -0.2) is 9.97 Å². The van der Waals surface area contributed by atoms with Crippen molar-refractivity contribution in [1.82, 2.24) is 19.9 Å². The van der Waals surface area contributed by atoms with E-state index in [1.54, 1.807) is 13.8 Å². The molecule has 22 heavy (non-hydrogen) atoms. The van der Waals surface area contributed by atoms with Crippen LogP contribution in [-0.4, -0.2) is 20.4 Å². The van der Waals surface area contributed by atoms with Crippen molar-refractivity contribution in [3.63, 3.8) is 0 Å². The van der Waals surface area contributed by atoms with Crippen LogP contribution in [0.25, 0.3) is 0 Å². The summed E-state index contributed by atoms with van der Waals surface area (Å²) in [5.41, 5.74) is 4.66. The Bertz CT molecular complexity index is 845. The Morgan fingerprint density at radius 2 is 2.05 bits per heavy atom. The van der Waals surface area contributed by atoms with Crippen molar-refractivity contribution >= 4 is 34.8 Å². The van der Waals surface area contributed by atoms with Crippen LogP contribution in [0.1, 0.15) is 24.3 Å². The van der Waals surface area contributed by atoms with Crippen LogP contribution < -0.4 is 21.9 Å². The molecule has 114 valence electrons. The van der Waals surface area contributed by atoms with E-state index in [0.717, 1.165) is 0 Å². The number of nitrogens with zero attached hydrogens (tertiary/aromatic N) is 3. The van der Waals surface area contributed by atoms with Crippen LogP contribution in [0.3, 0.4) is 0 Å². The quantitative estimate of drug-likeness (QED) is 0.762. The lowest BCUT2D eigenvalue weighted by atomic mass is 10.2. The van der Waals surface area contributed by atoms with Gasteiger partial charge < -0.3 is 16.4 Å². The number of carbonyl (C=O) groups excluding carboxylic acids is 1. The maximum Gasteiger partial charge on any atom is 0.276 e. The van der Waals surface area contributed by atoms with E-state index in [9.17, 15) is 9.59 Å². The minimum absolute atomic E-state index is 0.143. The molecule has 0 aliphatic carbocycles. The molecule has 4 N–H and O–H groups in total. The molecule has 0 atom stereocenters. The minimum Gasteiger partial charge on any atom is -0.384 e. The lowest BCUT2D eigenvalue weighted by Gasteiger charge is -2.22. The number of amides is 1. The first-order valence-corrected chi connectivity index (χ1v) is 6.80. The largest absolute Gasteiger partial charge is 0.384 e. The van der Waals surface area contributed by atoms with Gasteiger partial charge in [0.2, 0.25) is 0 Å². The zero-order valence-corrected chi connectivity index (χ0v) is 12.6. The third-order valence-corrected chi connectivity index (χ3v) is 3.59. The zero-order valence-electron chi connectivity index (χ0n) is 11.8. The van der Waals surface area contributed by atoms with Crippen molar-refractivity contribution in [3.05, 3.63) is 39.5 Å². The Morgan fingerprint density at radius 1 is 1.32 bits per heavy atom. The molecule has 0 radical (unpaired) electrons. The number of rotatable bonds is 2. The van der Waals surface area contributed by atoms with Crippen LogP contribution in [0.2, 0.25) is 5.02 Å². The van der Waals surface area contributed by atoms with E-state index in [-0.39, 0.29) is 33.7 Å². The summed E-state index contributed by atoms with van der Waals surface area (Å²) in [6.07, 6.45) is 1.28. The van der Waals surface area contributed by atoms with Crippen molar-refractivity contribution in [1.29, 1.82) is 0 Å². The molecular weight excluding hydrogens is 308 g/mol. The summed E-state index contributed by atoms with van der Waals surface area (Å²) >= 11 is 6.15. The highest BCUT2D eigenvalue weighted by molar-refractivity contribution is 6.34. The summed E-state index contributed by atoms with van der Waals surface area (Å²) in [4.78, 5) is 32.3. The van der Waals surface area contributed by atoms with Crippen molar-refractivity contribution in [3.8, 4) is 0 Å². The number of fused-ring (bicyclic) bond motifs is 1. The molecule has 0 spiro atoms. The molecule has 2 aromatic heterocycles. The fraction of sp³-hybridized carbons (Fsp3) is 0.231. The number of hydrogen-bond acceptors (Lipinski definition) is 6. The lowest BCUT2D eigenvalue weighted by Crippen LogP contribution is -2.42. The van der Waals surface area contributed by atoms with Crippen molar-refractivity contribution < 1.29 is 4.79 Å². The number of nitrogen functional groups attached to an aromatic ring is 1. The third-order valence-electron chi connectivity index (χ3n) is 3.30. The van der Waals surface area contributed by atoms with E-state index in [0.29, 0.717) is 5.82 Å². The molecule has 0 unspecified atom stereocenters. The first-order chi connectivity index (χ1) is 10.3. The Hall–Kier alpha value is -2.61. The maximum atomic E-state index is 12.6. The molecule has 2 aromatic rings. The number of nitrogens with one attached hydrogen (secondary N) is 2. The van der Waals surface area contributed by atoms with E-state index >= 15 is 0 Å². The minimum atomic E-state index is -0.866. The van der Waals surface area contributed by atoms with Gasteiger partial charge in [0.1, 0.15) is 35.0 Å². The van der Waals surface area contributed by atoms with E-state index in [4.69, 9.17) is 17.3 Å². The normalized spacial score (nSPS) is 15.3. The highest BCUT2D eigenvalue weighted by atomic mass is 35.5. The number of aromatic nitrogens is 3. The van der Waals surface area contributed by atoms with Gasteiger partial charge in [-0.2, -0.15) is 0 Å². The maximum absolute atomic E-state index is 12.6. The summed E-state index contributed by atoms with van der Waals surface area (Å²) < 4.78 is 1.32. The summed E-state index contributed by atoms with van der Waals surface area (Å²) in [6, 6.07) is 2.88. The third kappa shape index (κ3) is 2.17. The van der Waals surface area contributed by atoms with Crippen LogP contribution in [-0.2, 0) is 5.66 Å². The van der Waals surface area contributed by atoms with Gasteiger partial charge in [-0.1, -0.05) is 11.6 Å². The molecular formula is C13H13ClN6O2. The molecule has 3 rings (SSSR count). The number of pyridine rings is 1. The number of nitrogens with two attached hydrogens (primary N) is 1. The molecule has 0 aromatic carbocycles. The second kappa shape index (κ2) is 4.70. The number of hydrogen-bond donors (Lipinski definition) is 3. The van der Waals surface area contributed by atoms with E-state index in [1.165, 1.54) is 23.0 Å². The molecule has 1 aliphatic heterocycles. The van der Waals surface area contributed by atoms with Gasteiger partial charge >= 0.3 is 0 Å². The fourth-order valence-electron chi connectivity index (χ4n) is 2.39. The molecule has 9 heteroatoms. The van der Waals surface area contributed by atoms with Crippen molar-refractivity contribution in [2.75, 3.05) is 11.1 Å². The van der Waals surface area contributed by atoms with Gasteiger partial charge in [-0.15, -0.1) is 0 Å². The number of carbonyl (C=O) groups is 1. The average molecular weight is 321 g/mol. The zero-order chi connectivity index (χ0) is 16.1. The monoisotopic (exact) mass is 320 g/mol. The molecule has 0 bridgehead atoms. The Morgan fingerprint density at radius 3 is 2.73 bits per heavy atom. The smallest absolute Gasteiger partial charge is 0.276 e. The SMILES string of the molecule is CC1(C)NC(=O)c2c(Cl)cc(Nc3cc(N)ncn3)c(=O)n21. The highest BCUT2D eigenvalue weighted by Crippen LogP contribution is 2.28. The average Bonchev–Trinajstić information content (AvgIpc) is 2.65. The van der Waals surface area contributed by atoms with Crippen molar-refractivity contribution in [2.45, 2.75) is 19.5 Å². The topological polar surface area (TPSA) is 115 Å². The summed E-state index contributed by atoms with van der Waals surface area (Å²) in [5, 5.41) is 5.73. The molecule has 8 nitrogen and oxygen atoms in total. The Balaban J connectivity index is 2.14. The van der Waals surface area contributed by atoms with Gasteiger partial charge in [0.15, 0.2) is 0 Å². The predicted octanol–water partition coefficient (Wildman–Crippen LogP) is 1.05. The predicted molar refractivity (Wildman–Crippen MR) is 82.2 cm³/mol. The second-order valence-electron chi connectivity index (χ2n) is 5.36.